The highest BCUT2D eigenvalue weighted by atomic mass is 16.5. The molecule has 0 aromatic heterocycles. The van der Waals surface area contributed by atoms with Gasteiger partial charge in [0.2, 0.25) is 0 Å². The van der Waals surface area contributed by atoms with E-state index in [9.17, 15) is 0 Å². The number of nitrogens with zero attached hydrogens (tertiary/aromatic N) is 1. The molecule has 2 N–H and O–H groups in total. The Morgan fingerprint density at radius 3 is 2.12 bits per heavy atom. The molecule has 24 heavy (non-hydrogen) atoms. The number of likely N-dealkylation sites (N-methyl/N-ethyl adjacent to an activating group) is 1. The van der Waals surface area contributed by atoms with Crippen LogP contribution in [0.25, 0.3) is 0 Å². The topological polar surface area (TPSA) is 38.5 Å². The zero-order chi connectivity index (χ0) is 17.4. The zero-order valence-electron chi connectivity index (χ0n) is 15.1. The van der Waals surface area contributed by atoms with Crippen LogP contribution in [0, 0.1) is 0 Å². The van der Waals surface area contributed by atoms with Gasteiger partial charge in [-0.05, 0) is 43.1 Å². The Morgan fingerprint density at radius 2 is 1.58 bits per heavy atom. The van der Waals surface area contributed by atoms with Crippen molar-refractivity contribution in [3.05, 3.63) is 65.7 Å². The molecule has 1 atom stereocenters. The maximum absolute atomic E-state index is 6.05. The van der Waals surface area contributed by atoms with Gasteiger partial charge in [-0.25, -0.2) is 0 Å². The summed E-state index contributed by atoms with van der Waals surface area (Å²) in [6.07, 6.45) is 2.28. The van der Waals surface area contributed by atoms with Gasteiger partial charge in [-0.3, -0.25) is 4.90 Å². The van der Waals surface area contributed by atoms with E-state index in [0.29, 0.717) is 19.2 Å². The van der Waals surface area contributed by atoms with E-state index >= 15 is 0 Å². The van der Waals surface area contributed by atoms with E-state index < -0.39 is 0 Å². The first kappa shape index (κ1) is 18.5. The van der Waals surface area contributed by atoms with E-state index in [0.717, 1.165) is 18.6 Å². The van der Waals surface area contributed by atoms with Crippen molar-refractivity contribution in [3.8, 4) is 5.75 Å². The summed E-state index contributed by atoms with van der Waals surface area (Å²) >= 11 is 0. The molecular formula is C21H30N2O. The van der Waals surface area contributed by atoms with Gasteiger partial charge in [-0.2, -0.15) is 0 Å². The van der Waals surface area contributed by atoms with E-state index in [1.165, 1.54) is 11.1 Å². The van der Waals surface area contributed by atoms with Crippen LogP contribution in [0.1, 0.15) is 43.9 Å². The van der Waals surface area contributed by atoms with Crippen molar-refractivity contribution in [2.45, 2.75) is 45.4 Å². The molecule has 0 heterocycles. The van der Waals surface area contributed by atoms with Crippen molar-refractivity contribution in [3.63, 3.8) is 0 Å². The summed E-state index contributed by atoms with van der Waals surface area (Å²) in [5.41, 5.74) is 8.48. The lowest BCUT2D eigenvalue weighted by molar-refractivity contribution is 0.167. The lowest BCUT2D eigenvalue weighted by Gasteiger charge is -2.34. The van der Waals surface area contributed by atoms with Gasteiger partial charge in [0, 0.05) is 18.6 Å². The molecule has 0 radical (unpaired) electrons. The minimum absolute atomic E-state index is 0.248. The van der Waals surface area contributed by atoms with Crippen LogP contribution in [0.2, 0.25) is 0 Å². The lowest BCUT2D eigenvalue weighted by atomic mass is 10.0. The molecule has 0 aliphatic heterocycles. The van der Waals surface area contributed by atoms with Gasteiger partial charge >= 0.3 is 0 Å². The number of hydrogen-bond acceptors (Lipinski definition) is 3. The lowest BCUT2D eigenvalue weighted by Crippen LogP contribution is -2.38. The second kappa shape index (κ2) is 9.45. The monoisotopic (exact) mass is 326 g/mol. The summed E-state index contributed by atoms with van der Waals surface area (Å²) in [7, 11) is 2.18. The van der Waals surface area contributed by atoms with E-state index in [1.54, 1.807) is 0 Å². The molecule has 2 rings (SSSR count). The average Bonchev–Trinajstić information content (AvgIpc) is 2.63. The Kier molecular flexibility index (Phi) is 7.29. The van der Waals surface area contributed by atoms with Crippen molar-refractivity contribution in [1.82, 2.24) is 4.90 Å². The zero-order valence-corrected chi connectivity index (χ0v) is 15.1. The quantitative estimate of drug-likeness (QED) is 0.743. The molecule has 2 aromatic carbocycles. The molecule has 3 heteroatoms. The number of benzene rings is 2. The molecule has 0 aliphatic carbocycles. The van der Waals surface area contributed by atoms with Crippen molar-refractivity contribution in [2.75, 3.05) is 13.6 Å². The Balaban J connectivity index is 2.01. The number of rotatable bonds is 9. The predicted molar refractivity (Wildman–Crippen MR) is 101 cm³/mol. The molecule has 0 saturated carbocycles. The standard InChI is InChI=1S/C21H30N2O/c1-4-19(5-2)23(3)21(15-22)18-11-13-20(14-12-18)24-16-17-9-7-6-8-10-17/h6-14,19,21H,4-5,15-16,22H2,1-3H3. The second-order valence-corrected chi connectivity index (χ2v) is 6.23. The largest absolute Gasteiger partial charge is 0.489 e. The van der Waals surface area contributed by atoms with Gasteiger partial charge in [0.1, 0.15) is 12.4 Å². The third-order valence-electron chi connectivity index (χ3n) is 4.75. The summed E-state index contributed by atoms with van der Waals surface area (Å²) in [6, 6.07) is 19.4. The Morgan fingerprint density at radius 1 is 0.958 bits per heavy atom. The number of hydrogen-bond donors (Lipinski definition) is 1. The maximum Gasteiger partial charge on any atom is 0.119 e. The van der Waals surface area contributed by atoms with Gasteiger partial charge in [0.25, 0.3) is 0 Å². The average molecular weight is 326 g/mol. The molecule has 0 saturated heterocycles. The number of nitrogens with two attached hydrogens (primary N) is 1. The predicted octanol–water partition coefficient (Wildman–Crippen LogP) is 4.39. The molecule has 0 fully saturated rings. The molecule has 0 spiro atoms. The van der Waals surface area contributed by atoms with Crippen LogP contribution >= 0.6 is 0 Å². The summed E-state index contributed by atoms with van der Waals surface area (Å²) in [5, 5.41) is 0. The summed E-state index contributed by atoms with van der Waals surface area (Å²) in [4.78, 5) is 2.40. The third kappa shape index (κ3) is 4.83. The minimum atomic E-state index is 0.248. The first-order valence-electron chi connectivity index (χ1n) is 8.88. The van der Waals surface area contributed by atoms with Crippen LogP contribution in [0.15, 0.2) is 54.6 Å². The molecule has 0 amide bonds. The van der Waals surface area contributed by atoms with E-state index in [4.69, 9.17) is 10.5 Å². The fraction of sp³-hybridized carbons (Fsp3) is 0.429. The molecule has 1 unspecified atom stereocenters. The summed E-state index contributed by atoms with van der Waals surface area (Å²) in [5.74, 6) is 0.892. The Labute approximate surface area is 146 Å². The highest BCUT2D eigenvalue weighted by Crippen LogP contribution is 2.25. The van der Waals surface area contributed by atoms with Crippen LogP contribution in [0.5, 0.6) is 5.75 Å². The Bertz CT molecular complexity index is 579. The molecule has 2 aromatic rings. The SMILES string of the molecule is CCC(CC)N(C)C(CN)c1ccc(OCc2ccccc2)cc1. The van der Waals surface area contributed by atoms with Gasteiger partial charge in [0.05, 0.1) is 0 Å². The smallest absolute Gasteiger partial charge is 0.119 e. The van der Waals surface area contributed by atoms with Crippen molar-refractivity contribution in [1.29, 1.82) is 0 Å². The Hall–Kier alpha value is -1.84. The van der Waals surface area contributed by atoms with Gasteiger partial charge < -0.3 is 10.5 Å². The molecule has 130 valence electrons. The molecule has 0 bridgehead atoms. The second-order valence-electron chi connectivity index (χ2n) is 6.23. The van der Waals surface area contributed by atoms with Crippen LogP contribution in [-0.4, -0.2) is 24.5 Å². The summed E-state index contributed by atoms with van der Waals surface area (Å²) in [6.45, 7) is 5.68. The molecule has 3 nitrogen and oxygen atoms in total. The summed E-state index contributed by atoms with van der Waals surface area (Å²) < 4.78 is 5.87. The highest BCUT2D eigenvalue weighted by molar-refractivity contribution is 5.30. The minimum Gasteiger partial charge on any atom is -0.489 e. The molecule has 0 aliphatic rings. The van der Waals surface area contributed by atoms with Crippen LogP contribution in [0.4, 0.5) is 0 Å². The first-order chi connectivity index (χ1) is 11.7. The maximum atomic E-state index is 6.05. The normalized spacial score (nSPS) is 12.6. The van der Waals surface area contributed by atoms with Crippen molar-refractivity contribution >= 4 is 0 Å². The van der Waals surface area contributed by atoms with E-state index in [1.807, 2.05) is 30.3 Å². The van der Waals surface area contributed by atoms with Crippen LogP contribution < -0.4 is 10.5 Å². The van der Waals surface area contributed by atoms with Crippen molar-refractivity contribution < 1.29 is 4.74 Å². The van der Waals surface area contributed by atoms with Gasteiger partial charge in [-0.15, -0.1) is 0 Å². The van der Waals surface area contributed by atoms with E-state index in [2.05, 4.69) is 50.1 Å². The van der Waals surface area contributed by atoms with Gasteiger partial charge in [0.15, 0.2) is 0 Å². The van der Waals surface area contributed by atoms with Crippen molar-refractivity contribution in [2.24, 2.45) is 5.73 Å². The number of ether oxygens (including phenoxy) is 1. The highest BCUT2D eigenvalue weighted by Gasteiger charge is 2.20. The third-order valence-corrected chi connectivity index (χ3v) is 4.75. The first-order valence-corrected chi connectivity index (χ1v) is 8.88. The fourth-order valence-corrected chi connectivity index (χ4v) is 3.18. The van der Waals surface area contributed by atoms with Gasteiger partial charge in [-0.1, -0.05) is 56.3 Å². The molecular weight excluding hydrogens is 296 g/mol. The fourth-order valence-electron chi connectivity index (χ4n) is 3.18. The van der Waals surface area contributed by atoms with Crippen LogP contribution in [-0.2, 0) is 6.61 Å². The van der Waals surface area contributed by atoms with Crippen LogP contribution in [0.3, 0.4) is 0 Å². The van der Waals surface area contributed by atoms with E-state index in [-0.39, 0.29) is 6.04 Å².